The number of rotatable bonds is 5. The Morgan fingerprint density at radius 1 is 1.55 bits per heavy atom. The van der Waals surface area contributed by atoms with Gasteiger partial charge in [-0.25, -0.2) is 4.18 Å². The second kappa shape index (κ2) is 4.66. The van der Waals surface area contributed by atoms with E-state index in [4.69, 9.17) is 10.2 Å². The van der Waals surface area contributed by atoms with E-state index < -0.39 is 16.4 Å². The van der Waals surface area contributed by atoms with E-state index in [1.54, 1.807) is 0 Å². The number of aliphatic hydroxyl groups is 2. The maximum atomic E-state index is 10.4. The molecule has 0 aromatic carbocycles. The first-order valence-electron chi connectivity index (χ1n) is 3.13. The van der Waals surface area contributed by atoms with Crippen LogP contribution < -0.4 is 0 Å². The Morgan fingerprint density at radius 3 is 2.45 bits per heavy atom. The summed E-state index contributed by atoms with van der Waals surface area (Å²) in [6, 6.07) is 0. The summed E-state index contributed by atoms with van der Waals surface area (Å²) < 4.78 is 24.9. The fraction of sp³-hybridized carbons (Fsp3) is 1.00. The molecule has 0 aliphatic heterocycles. The lowest BCUT2D eigenvalue weighted by atomic mass is 10.3. The Balaban J connectivity index is 3.61. The summed E-state index contributed by atoms with van der Waals surface area (Å²) in [5, 5.41) is 17.1. The molecule has 0 fully saturated rings. The highest BCUT2D eigenvalue weighted by atomic mass is 32.2. The average Bonchev–Trinajstić information content (AvgIpc) is 1.79. The van der Waals surface area contributed by atoms with Crippen LogP contribution in [0.1, 0.15) is 12.8 Å². The molecule has 0 aliphatic rings. The average molecular weight is 184 g/mol. The summed E-state index contributed by atoms with van der Waals surface area (Å²) in [4.78, 5) is 0. The largest absolute Gasteiger partial charge is 0.396 e. The molecule has 68 valence electrons. The van der Waals surface area contributed by atoms with Crippen molar-refractivity contribution in [3.63, 3.8) is 0 Å². The lowest BCUT2D eigenvalue weighted by Crippen LogP contribution is -2.16. The molecular formula is C5H12O5S. The van der Waals surface area contributed by atoms with Gasteiger partial charge >= 0.3 is 0 Å². The van der Waals surface area contributed by atoms with Crippen molar-refractivity contribution in [1.29, 1.82) is 0 Å². The smallest absolute Gasteiger partial charge is 0.266 e. The highest BCUT2D eigenvalue weighted by Crippen LogP contribution is 2.01. The molecule has 11 heavy (non-hydrogen) atoms. The molecule has 0 heterocycles. The van der Waals surface area contributed by atoms with Crippen molar-refractivity contribution in [2.75, 3.05) is 12.9 Å². The van der Waals surface area contributed by atoms with E-state index in [2.05, 4.69) is 4.18 Å². The van der Waals surface area contributed by atoms with Crippen molar-refractivity contribution in [2.24, 2.45) is 0 Å². The molecule has 2 N–H and O–H groups in total. The van der Waals surface area contributed by atoms with Crippen LogP contribution in [0.5, 0.6) is 0 Å². The predicted octanol–water partition coefficient (Wildman–Crippen LogP) is -0.947. The molecule has 0 rings (SSSR count). The van der Waals surface area contributed by atoms with E-state index in [0.717, 1.165) is 6.26 Å². The molecule has 6 heteroatoms. The highest BCUT2D eigenvalue weighted by molar-refractivity contribution is 7.86. The van der Waals surface area contributed by atoms with E-state index in [-0.39, 0.29) is 13.0 Å². The quantitative estimate of drug-likeness (QED) is 0.425. The molecule has 0 aromatic rings. The third-order valence-electron chi connectivity index (χ3n) is 0.895. The van der Waals surface area contributed by atoms with Crippen molar-refractivity contribution in [3.8, 4) is 0 Å². The zero-order chi connectivity index (χ0) is 8.91. The van der Waals surface area contributed by atoms with Crippen molar-refractivity contribution in [3.05, 3.63) is 0 Å². The topological polar surface area (TPSA) is 83.8 Å². The maximum Gasteiger partial charge on any atom is 0.266 e. The molecule has 0 aliphatic carbocycles. The van der Waals surface area contributed by atoms with Crippen LogP contribution in [0.3, 0.4) is 0 Å². The first-order chi connectivity index (χ1) is 4.95. The van der Waals surface area contributed by atoms with Crippen LogP contribution in [0.2, 0.25) is 0 Å². The van der Waals surface area contributed by atoms with Gasteiger partial charge in [-0.15, -0.1) is 0 Å². The second-order valence-corrected chi connectivity index (χ2v) is 3.72. The van der Waals surface area contributed by atoms with E-state index in [1.165, 1.54) is 0 Å². The predicted molar refractivity (Wildman–Crippen MR) is 38.3 cm³/mol. The summed E-state index contributed by atoms with van der Waals surface area (Å²) in [5.41, 5.74) is 0. The van der Waals surface area contributed by atoms with Gasteiger partial charge in [0.15, 0.2) is 6.29 Å². The monoisotopic (exact) mass is 184 g/mol. The minimum Gasteiger partial charge on any atom is -0.396 e. The highest BCUT2D eigenvalue weighted by Gasteiger charge is 2.10. The Bertz CT molecular complexity index is 185. The summed E-state index contributed by atoms with van der Waals surface area (Å²) >= 11 is 0. The van der Waals surface area contributed by atoms with Crippen molar-refractivity contribution < 1.29 is 22.8 Å². The van der Waals surface area contributed by atoms with Gasteiger partial charge in [-0.05, 0) is 6.42 Å². The molecular weight excluding hydrogens is 172 g/mol. The normalized spacial score (nSPS) is 14.8. The number of aliphatic hydroxyl groups excluding tert-OH is 2. The molecule has 5 nitrogen and oxygen atoms in total. The van der Waals surface area contributed by atoms with Crippen LogP contribution >= 0.6 is 0 Å². The Kier molecular flexibility index (Phi) is 4.58. The molecule has 0 saturated heterocycles. The van der Waals surface area contributed by atoms with Crippen LogP contribution in [0.15, 0.2) is 0 Å². The molecule has 0 spiro atoms. The summed E-state index contributed by atoms with van der Waals surface area (Å²) in [6.07, 6.45) is -0.0488. The van der Waals surface area contributed by atoms with Crippen LogP contribution in [-0.2, 0) is 14.3 Å². The Labute approximate surface area is 65.7 Å². The molecule has 0 bridgehead atoms. The van der Waals surface area contributed by atoms with Crippen LogP contribution in [0.4, 0.5) is 0 Å². The molecule has 0 amide bonds. The SMILES string of the molecule is CS(=O)(=O)OC(O)CCCO. The second-order valence-electron chi connectivity index (χ2n) is 2.12. The van der Waals surface area contributed by atoms with Crippen LogP contribution in [0.25, 0.3) is 0 Å². The van der Waals surface area contributed by atoms with Gasteiger partial charge in [-0.2, -0.15) is 8.42 Å². The summed E-state index contributed by atoms with van der Waals surface area (Å²) in [5.74, 6) is 0. The zero-order valence-electron chi connectivity index (χ0n) is 6.23. The minimum absolute atomic E-state index is 0.0931. The van der Waals surface area contributed by atoms with E-state index in [1.807, 2.05) is 0 Å². The van der Waals surface area contributed by atoms with E-state index >= 15 is 0 Å². The molecule has 0 aromatic heterocycles. The summed E-state index contributed by atoms with van der Waals surface area (Å²) in [6.45, 7) is -0.0931. The lowest BCUT2D eigenvalue weighted by molar-refractivity contribution is -0.0209. The standard InChI is InChI=1S/C5H12O5S/c1-11(8,9)10-5(7)3-2-4-6/h5-7H,2-4H2,1H3. The Morgan fingerprint density at radius 2 is 2.09 bits per heavy atom. The van der Waals surface area contributed by atoms with E-state index in [0.29, 0.717) is 6.42 Å². The number of hydrogen-bond donors (Lipinski definition) is 2. The van der Waals surface area contributed by atoms with Gasteiger partial charge in [0.05, 0.1) is 6.26 Å². The molecule has 0 saturated carbocycles. The maximum absolute atomic E-state index is 10.4. The lowest BCUT2D eigenvalue weighted by Gasteiger charge is -2.07. The van der Waals surface area contributed by atoms with Gasteiger partial charge in [0.25, 0.3) is 10.1 Å². The van der Waals surface area contributed by atoms with Gasteiger partial charge < -0.3 is 10.2 Å². The van der Waals surface area contributed by atoms with Crippen LogP contribution in [-0.4, -0.2) is 37.8 Å². The van der Waals surface area contributed by atoms with Gasteiger partial charge in [0, 0.05) is 13.0 Å². The molecule has 1 unspecified atom stereocenters. The molecule has 1 atom stereocenters. The van der Waals surface area contributed by atoms with Gasteiger partial charge in [-0.1, -0.05) is 0 Å². The number of hydrogen-bond acceptors (Lipinski definition) is 5. The van der Waals surface area contributed by atoms with Crippen molar-refractivity contribution >= 4 is 10.1 Å². The molecule has 0 radical (unpaired) electrons. The zero-order valence-corrected chi connectivity index (χ0v) is 7.04. The third kappa shape index (κ3) is 7.73. The first kappa shape index (κ1) is 10.8. The minimum atomic E-state index is -3.59. The first-order valence-corrected chi connectivity index (χ1v) is 4.94. The fourth-order valence-corrected chi connectivity index (χ4v) is 1.02. The fourth-order valence-electron chi connectivity index (χ4n) is 0.516. The Hall–Kier alpha value is -0.170. The van der Waals surface area contributed by atoms with E-state index in [9.17, 15) is 8.42 Å². The van der Waals surface area contributed by atoms with Crippen LogP contribution in [0, 0.1) is 0 Å². The third-order valence-corrected chi connectivity index (χ3v) is 1.47. The van der Waals surface area contributed by atoms with Gasteiger partial charge in [0.2, 0.25) is 0 Å². The van der Waals surface area contributed by atoms with Gasteiger partial charge in [0.1, 0.15) is 0 Å². The van der Waals surface area contributed by atoms with Crippen molar-refractivity contribution in [2.45, 2.75) is 19.1 Å². The van der Waals surface area contributed by atoms with Crippen molar-refractivity contribution in [1.82, 2.24) is 0 Å². The van der Waals surface area contributed by atoms with Gasteiger partial charge in [-0.3, -0.25) is 0 Å². The summed E-state index contributed by atoms with van der Waals surface area (Å²) in [7, 11) is -3.59.